The maximum absolute atomic E-state index is 6.19. The number of ether oxygens (including phenoxy) is 1. The second kappa shape index (κ2) is 5.64. The molecule has 1 unspecified atom stereocenters. The summed E-state index contributed by atoms with van der Waals surface area (Å²) in [4.78, 5) is 8.31. The summed E-state index contributed by atoms with van der Waals surface area (Å²) in [5.41, 5.74) is 7.18. The molecule has 0 amide bonds. The summed E-state index contributed by atoms with van der Waals surface area (Å²) in [7, 11) is 3.62. The van der Waals surface area contributed by atoms with Crippen molar-refractivity contribution >= 4 is 0 Å². The van der Waals surface area contributed by atoms with Gasteiger partial charge in [-0.05, 0) is 12.5 Å². The fourth-order valence-corrected chi connectivity index (χ4v) is 1.95. The second-order valence-corrected chi connectivity index (χ2v) is 4.22. The van der Waals surface area contributed by atoms with Gasteiger partial charge < -0.3 is 15.0 Å². The number of hydrogen-bond donors (Lipinski definition) is 1. The Bertz CT molecular complexity index is 509. The van der Waals surface area contributed by atoms with Crippen molar-refractivity contribution in [2.24, 2.45) is 12.8 Å². The summed E-state index contributed by atoms with van der Waals surface area (Å²) in [5, 5.41) is 0. The molecule has 2 aromatic heterocycles. The van der Waals surface area contributed by atoms with Gasteiger partial charge in [0.05, 0.1) is 13.3 Å². The number of nitrogens with zero attached hydrogens (tertiary/aromatic N) is 3. The van der Waals surface area contributed by atoms with E-state index in [-0.39, 0.29) is 6.04 Å². The number of pyridine rings is 1. The molecule has 0 spiro atoms. The number of aryl methyl sites for hydroxylation is 2. The van der Waals surface area contributed by atoms with E-state index in [1.165, 1.54) is 0 Å². The molecule has 0 aliphatic heterocycles. The van der Waals surface area contributed by atoms with Gasteiger partial charge in [-0.15, -0.1) is 0 Å². The summed E-state index contributed by atoms with van der Waals surface area (Å²) in [6.07, 6.45) is 8.83. The number of rotatable bonds is 5. The van der Waals surface area contributed by atoms with Crippen LogP contribution in [0, 0.1) is 0 Å². The fraction of sp³-hybridized carbons (Fsp3) is 0.385. The van der Waals surface area contributed by atoms with Crippen LogP contribution >= 0.6 is 0 Å². The normalized spacial score (nSPS) is 12.4. The lowest BCUT2D eigenvalue weighted by Gasteiger charge is -2.14. The van der Waals surface area contributed by atoms with Crippen molar-refractivity contribution in [3.8, 4) is 5.75 Å². The zero-order valence-electron chi connectivity index (χ0n) is 10.7. The van der Waals surface area contributed by atoms with Crippen LogP contribution in [0.25, 0.3) is 0 Å². The van der Waals surface area contributed by atoms with E-state index >= 15 is 0 Å². The Morgan fingerprint density at radius 3 is 2.94 bits per heavy atom. The van der Waals surface area contributed by atoms with Crippen molar-refractivity contribution in [2.45, 2.75) is 18.9 Å². The van der Waals surface area contributed by atoms with Crippen molar-refractivity contribution < 1.29 is 4.74 Å². The van der Waals surface area contributed by atoms with Gasteiger partial charge in [-0.1, -0.05) is 0 Å². The van der Waals surface area contributed by atoms with E-state index in [1.807, 2.05) is 23.9 Å². The lowest BCUT2D eigenvalue weighted by molar-refractivity contribution is 0.402. The quantitative estimate of drug-likeness (QED) is 0.867. The molecule has 0 radical (unpaired) electrons. The first-order valence-corrected chi connectivity index (χ1v) is 5.92. The third-order valence-electron chi connectivity index (χ3n) is 3.04. The predicted molar refractivity (Wildman–Crippen MR) is 69.2 cm³/mol. The van der Waals surface area contributed by atoms with E-state index in [1.54, 1.807) is 25.7 Å². The predicted octanol–water partition coefficient (Wildman–Crippen LogP) is 1.46. The topological polar surface area (TPSA) is 66.0 Å². The molecule has 5 heteroatoms. The fourth-order valence-electron chi connectivity index (χ4n) is 1.95. The van der Waals surface area contributed by atoms with Gasteiger partial charge in [0.15, 0.2) is 0 Å². The van der Waals surface area contributed by atoms with E-state index < -0.39 is 0 Å². The zero-order chi connectivity index (χ0) is 13.0. The molecule has 5 nitrogen and oxygen atoms in total. The molecule has 18 heavy (non-hydrogen) atoms. The highest BCUT2D eigenvalue weighted by molar-refractivity contribution is 5.32. The Morgan fingerprint density at radius 1 is 1.44 bits per heavy atom. The van der Waals surface area contributed by atoms with Crippen LogP contribution in [0.4, 0.5) is 0 Å². The molecular formula is C13H18N4O. The molecular weight excluding hydrogens is 228 g/mol. The van der Waals surface area contributed by atoms with Crippen LogP contribution in [-0.2, 0) is 13.5 Å². The van der Waals surface area contributed by atoms with Crippen LogP contribution in [-0.4, -0.2) is 21.6 Å². The minimum absolute atomic E-state index is 0.0698. The Balaban J connectivity index is 2.03. The van der Waals surface area contributed by atoms with Gasteiger partial charge in [0, 0.05) is 43.7 Å². The van der Waals surface area contributed by atoms with E-state index in [2.05, 4.69) is 9.97 Å². The van der Waals surface area contributed by atoms with Gasteiger partial charge in [-0.2, -0.15) is 0 Å². The molecule has 96 valence electrons. The van der Waals surface area contributed by atoms with Gasteiger partial charge in [0.1, 0.15) is 11.6 Å². The maximum atomic E-state index is 6.19. The van der Waals surface area contributed by atoms with Gasteiger partial charge in [0.25, 0.3) is 0 Å². The third kappa shape index (κ3) is 2.68. The van der Waals surface area contributed by atoms with Gasteiger partial charge in [0.2, 0.25) is 0 Å². The van der Waals surface area contributed by atoms with Crippen LogP contribution in [0.15, 0.2) is 30.9 Å². The monoisotopic (exact) mass is 246 g/mol. The molecule has 0 bridgehead atoms. The minimum atomic E-state index is -0.0698. The molecule has 0 aliphatic rings. The molecule has 2 rings (SSSR count). The Kier molecular flexibility index (Phi) is 3.94. The van der Waals surface area contributed by atoms with Crippen molar-refractivity contribution in [1.29, 1.82) is 0 Å². The first kappa shape index (κ1) is 12.6. The van der Waals surface area contributed by atoms with Gasteiger partial charge in [-0.3, -0.25) is 4.98 Å². The average Bonchev–Trinajstić information content (AvgIpc) is 2.81. The van der Waals surface area contributed by atoms with E-state index in [9.17, 15) is 0 Å². The molecule has 0 saturated heterocycles. The van der Waals surface area contributed by atoms with E-state index in [4.69, 9.17) is 10.5 Å². The Morgan fingerprint density at radius 2 is 2.28 bits per heavy atom. The molecule has 1 atom stereocenters. The Hall–Kier alpha value is -1.88. The maximum Gasteiger partial charge on any atom is 0.141 e. The van der Waals surface area contributed by atoms with Crippen molar-refractivity contribution in [3.63, 3.8) is 0 Å². The largest absolute Gasteiger partial charge is 0.495 e. The summed E-state index contributed by atoms with van der Waals surface area (Å²) in [6, 6.07) is 1.83. The average molecular weight is 246 g/mol. The minimum Gasteiger partial charge on any atom is -0.495 e. The third-order valence-corrected chi connectivity index (χ3v) is 3.04. The van der Waals surface area contributed by atoms with Crippen molar-refractivity contribution in [3.05, 3.63) is 42.2 Å². The van der Waals surface area contributed by atoms with E-state index in [0.717, 1.165) is 30.0 Å². The summed E-state index contributed by atoms with van der Waals surface area (Å²) in [5.74, 6) is 1.78. The molecule has 0 saturated carbocycles. The zero-order valence-corrected chi connectivity index (χ0v) is 10.7. The number of hydrogen-bond acceptors (Lipinski definition) is 4. The van der Waals surface area contributed by atoms with Crippen LogP contribution in [0.1, 0.15) is 23.9 Å². The first-order chi connectivity index (χ1) is 8.72. The van der Waals surface area contributed by atoms with Crippen LogP contribution in [0.2, 0.25) is 0 Å². The molecule has 2 aromatic rings. The highest BCUT2D eigenvalue weighted by Gasteiger charge is 2.12. The van der Waals surface area contributed by atoms with Crippen molar-refractivity contribution in [2.75, 3.05) is 7.11 Å². The summed E-state index contributed by atoms with van der Waals surface area (Å²) >= 11 is 0. The molecule has 0 aromatic carbocycles. The van der Waals surface area contributed by atoms with Gasteiger partial charge >= 0.3 is 0 Å². The lowest BCUT2D eigenvalue weighted by atomic mass is 10.0. The molecule has 2 heterocycles. The number of methoxy groups -OCH3 is 1. The molecule has 2 N–H and O–H groups in total. The van der Waals surface area contributed by atoms with Crippen LogP contribution < -0.4 is 10.5 Å². The Labute approximate surface area is 107 Å². The van der Waals surface area contributed by atoms with E-state index in [0.29, 0.717) is 0 Å². The number of aromatic nitrogens is 3. The standard InChI is InChI=1S/C13H18N4O/c1-17-8-7-16-13(17)4-3-11(14)10-5-6-15-9-12(10)18-2/h5-9,11H,3-4,14H2,1-2H3. The van der Waals surface area contributed by atoms with Crippen molar-refractivity contribution in [1.82, 2.24) is 14.5 Å². The highest BCUT2D eigenvalue weighted by atomic mass is 16.5. The summed E-state index contributed by atoms with van der Waals surface area (Å²) < 4.78 is 7.27. The lowest BCUT2D eigenvalue weighted by Crippen LogP contribution is -2.13. The number of nitrogens with two attached hydrogens (primary N) is 1. The van der Waals surface area contributed by atoms with Crippen LogP contribution in [0.5, 0.6) is 5.75 Å². The summed E-state index contributed by atoms with van der Waals surface area (Å²) in [6.45, 7) is 0. The molecule has 0 aliphatic carbocycles. The SMILES string of the molecule is COc1cnccc1C(N)CCc1nccn1C. The second-order valence-electron chi connectivity index (χ2n) is 4.22. The molecule has 0 fully saturated rings. The number of imidazole rings is 1. The first-order valence-electron chi connectivity index (χ1n) is 5.92. The smallest absolute Gasteiger partial charge is 0.141 e. The highest BCUT2D eigenvalue weighted by Crippen LogP contribution is 2.24. The van der Waals surface area contributed by atoms with Gasteiger partial charge in [-0.25, -0.2) is 4.98 Å². The van der Waals surface area contributed by atoms with Crippen LogP contribution in [0.3, 0.4) is 0 Å².